The molecule has 42 heavy (non-hydrogen) atoms. The Hall–Kier alpha value is -4.63. The van der Waals surface area contributed by atoms with Gasteiger partial charge in [-0.2, -0.15) is 0 Å². The number of nitrogens with zero attached hydrogens (tertiary/aromatic N) is 3. The smallest absolute Gasteiger partial charge is 0.430 e. The van der Waals surface area contributed by atoms with Crippen molar-refractivity contribution in [2.24, 2.45) is 0 Å². The third-order valence-corrected chi connectivity index (χ3v) is 7.55. The van der Waals surface area contributed by atoms with Gasteiger partial charge in [-0.15, -0.1) is 0 Å². The number of piperazine rings is 1. The van der Waals surface area contributed by atoms with Crippen molar-refractivity contribution in [2.75, 3.05) is 32.7 Å². The zero-order valence-corrected chi connectivity index (χ0v) is 22.8. The molecule has 5 amide bonds. The standard InChI is InChI=1S/C27H30BN4O10/c1-2-30-12-13-32(25(35)24(30)34)27(38)29-21(16-6-4-3-5-7-16)23(33)31-14-18(15-31)41-19-9-8-17-10-11-28(39,40)42-22(17)20(19)26(36)37/h3-9,18,21,39-40H,2,10-15H2,1H3,(H,29,38)(H,36,37)/q-1. The van der Waals surface area contributed by atoms with Gasteiger partial charge < -0.3 is 39.7 Å². The Morgan fingerprint density at radius 3 is 2.45 bits per heavy atom. The summed E-state index contributed by atoms with van der Waals surface area (Å²) < 4.78 is 11.1. The van der Waals surface area contributed by atoms with Crippen molar-refractivity contribution in [2.45, 2.75) is 31.8 Å². The molecular formula is C27H30BN4O10-. The maximum absolute atomic E-state index is 13.5. The number of urea groups is 1. The van der Waals surface area contributed by atoms with Gasteiger partial charge in [-0.3, -0.25) is 19.3 Å². The molecule has 4 N–H and O–H groups in total. The normalized spacial score (nSPS) is 18.9. The number of ether oxygens (including phenoxy) is 1. The third kappa shape index (κ3) is 5.60. The quantitative estimate of drug-likeness (QED) is 0.256. The van der Waals surface area contributed by atoms with Gasteiger partial charge in [0.2, 0.25) is 5.91 Å². The summed E-state index contributed by atoms with van der Waals surface area (Å²) in [6.07, 6.45) is -0.444. The average Bonchev–Trinajstić information content (AvgIpc) is 2.93. The molecule has 2 fully saturated rings. The Labute approximate surface area is 240 Å². The van der Waals surface area contributed by atoms with Crippen LogP contribution >= 0.6 is 0 Å². The summed E-state index contributed by atoms with van der Waals surface area (Å²) >= 11 is 0. The van der Waals surface area contributed by atoms with Crippen LogP contribution in [0.3, 0.4) is 0 Å². The number of nitrogens with one attached hydrogen (secondary N) is 1. The molecule has 2 aromatic rings. The fourth-order valence-corrected chi connectivity index (χ4v) is 5.19. The zero-order chi connectivity index (χ0) is 30.2. The summed E-state index contributed by atoms with van der Waals surface area (Å²) in [5.41, 5.74) is 0.621. The highest BCUT2D eigenvalue weighted by Crippen LogP contribution is 2.39. The number of rotatable bonds is 7. The predicted molar refractivity (Wildman–Crippen MR) is 145 cm³/mol. The Kier molecular flexibility index (Phi) is 7.80. The Bertz CT molecular complexity index is 1430. The fraction of sp³-hybridized carbons (Fsp3) is 0.370. The first-order valence-electron chi connectivity index (χ1n) is 13.6. The van der Waals surface area contributed by atoms with E-state index in [-0.39, 0.29) is 56.0 Å². The SMILES string of the molecule is CCN1CCN(C(=O)NC(C(=O)N2CC(Oc3ccc4c(c3C(=O)O)O[B-](O)(O)CC4)C2)c2ccccc2)C(=O)C1=O. The lowest BCUT2D eigenvalue weighted by molar-refractivity contribution is -0.153. The monoisotopic (exact) mass is 581 g/mol. The first-order valence-corrected chi connectivity index (χ1v) is 13.6. The van der Waals surface area contributed by atoms with Gasteiger partial charge in [0.15, 0.2) is 0 Å². The van der Waals surface area contributed by atoms with Crippen LogP contribution in [0.1, 0.15) is 34.5 Å². The van der Waals surface area contributed by atoms with E-state index in [0.29, 0.717) is 17.7 Å². The second-order valence-electron chi connectivity index (χ2n) is 10.4. The number of imide groups is 1. The molecule has 2 aromatic carbocycles. The number of carbonyl (C=O) groups excluding carboxylic acids is 4. The molecule has 5 rings (SSSR count). The van der Waals surface area contributed by atoms with Gasteiger partial charge in [-0.1, -0.05) is 42.7 Å². The second kappa shape index (κ2) is 11.3. The maximum Gasteiger partial charge on any atom is 0.430 e. The highest BCUT2D eigenvalue weighted by molar-refractivity contribution is 6.59. The van der Waals surface area contributed by atoms with E-state index in [1.165, 1.54) is 15.9 Å². The molecule has 15 heteroatoms. The number of benzene rings is 2. The van der Waals surface area contributed by atoms with Crippen molar-refractivity contribution in [1.82, 2.24) is 20.0 Å². The van der Waals surface area contributed by atoms with Gasteiger partial charge >= 0.3 is 30.6 Å². The minimum atomic E-state index is -3.20. The van der Waals surface area contributed by atoms with Gasteiger partial charge in [-0.25, -0.2) is 9.59 Å². The molecule has 1 unspecified atom stereocenters. The highest BCUT2D eigenvalue weighted by Gasteiger charge is 2.41. The third-order valence-electron chi connectivity index (χ3n) is 7.55. The van der Waals surface area contributed by atoms with E-state index in [1.807, 2.05) is 0 Å². The number of hydrogen-bond donors (Lipinski definition) is 4. The van der Waals surface area contributed by atoms with E-state index in [4.69, 9.17) is 9.39 Å². The first kappa shape index (κ1) is 28.9. The molecule has 3 heterocycles. The molecule has 1 atom stereocenters. The minimum Gasteiger partial charge on any atom is -0.669 e. The predicted octanol–water partition coefficient (Wildman–Crippen LogP) is -0.0256. The van der Waals surface area contributed by atoms with Gasteiger partial charge in [-0.05, 0) is 30.5 Å². The topological polar surface area (TPSA) is 186 Å². The summed E-state index contributed by atoms with van der Waals surface area (Å²) in [7, 11) is 0. The number of likely N-dealkylation sites (N-methyl/N-ethyl adjacent to an activating group) is 1. The molecule has 14 nitrogen and oxygen atoms in total. The number of hydrogen-bond acceptors (Lipinski definition) is 9. The number of carbonyl (C=O) groups is 5. The highest BCUT2D eigenvalue weighted by atomic mass is 16.6. The Morgan fingerprint density at radius 2 is 1.79 bits per heavy atom. The second-order valence-corrected chi connectivity index (χ2v) is 10.4. The van der Waals surface area contributed by atoms with Gasteiger partial charge in [0.25, 0.3) is 0 Å². The van der Waals surface area contributed by atoms with Crippen LogP contribution in [0.5, 0.6) is 11.5 Å². The first-order chi connectivity index (χ1) is 20.0. The number of carboxylic acid groups (broad SMARTS) is 1. The molecule has 2 saturated heterocycles. The number of aryl methyl sites for hydroxylation is 1. The van der Waals surface area contributed by atoms with E-state index in [2.05, 4.69) is 5.32 Å². The zero-order valence-electron chi connectivity index (χ0n) is 22.8. The Balaban J connectivity index is 1.28. The molecule has 3 aliphatic rings. The van der Waals surface area contributed by atoms with Crippen molar-refractivity contribution < 1.29 is 48.5 Å². The summed E-state index contributed by atoms with van der Waals surface area (Å²) in [5, 5.41) is 32.3. The molecule has 222 valence electrons. The number of aromatic carboxylic acids is 1. The minimum absolute atomic E-state index is 0.00915. The number of likely N-dealkylation sites (tertiary alicyclic amines) is 1. The van der Waals surface area contributed by atoms with Crippen LogP contribution in [-0.2, 0) is 20.8 Å². The fourth-order valence-electron chi connectivity index (χ4n) is 5.19. The average molecular weight is 581 g/mol. The van der Waals surface area contributed by atoms with Crippen molar-refractivity contribution in [3.05, 3.63) is 59.2 Å². The van der Waals surface area contributed by atoms with Gasteiger partial charge in [0.1, 0.15) is 23.5 Å². The molecule has 0 aromatic heterocycles. The van der Waals surface area contributed by atoms with E-state index in [1.54, 1.807) is 43.3 Å². The number of amides is 5. The van der Waals surface area contributed by atoms with Crippen molar-refractivity contribution in [1.29, 1.82) is 0 Å². The molecule has 0 radical (unpaired) electrons. The lowest BCUT2D eigenvalue weighted by Crippen LogP contribution is -2.61. The van der Waals surface area contributed by atoms with Crippen LogP contribution in [0, 0.1) is 0 Å². The summed E-state index contributed by atoms with van der Waals surface area (Å²) in [6, 6.07) is 9.45. The van der Waals surface area contributed by atoms with E-state index in [9.17, 15) is 39.1 Å². The van der Waals surface area contributed by atoms with Crippen molar-refractivity contribution in [3.63, 3.8) is 0 Å². The molecular weight excluding hydrogens is 551 g/mol. The molecule has 0 bridgehead atoms. The van der Waals surface area contributed by atoms with Crippen LogP contribution in [0.2, 0.25) is 6.32 Å². The number of fused-ring (bicyclic) bond motifs is 1. The van der Waals surface area contributed by atoms with E-state index in [0.717, 1.165) is 4.90 Å². The van der Waals surface area contributed by atoms with E-state index >= 15 is 0 Å². The van der Waals surface area contributed by atoms with Crippen molar-refractivity contribution >= 4 is 36.5 Å². The Morgan fingerprint density at radius 1 is 1.07 bits per heavy atom. The molecule has 0 aliphatic carbocycles. The van der Waals surface area contributed by atoms with Crippen molar-refractivity contribution in [3.8, 4) is 11.5 Å². The van der Waals surface area contributed by atoms with Crippen LogP contribution in [0.4, 0.5) is 4.79 Å². The molecule has 0 saturated carbocycles. The summed E-state index contributed by atoms with van der Waals surface area (Å²) in [5.74, 6) is -3.83. The summed E-state index contributed by atoms with van der Waals surface area (Å²) in [4.78, 5) is 67.0. The van der Waals surface area contributed by atoms with Crippen LogP contribution < -0.4 is 14.7 Å². The maximum atomic E-state index is 13.5. The lowest BCUT2D eigenvalue weighted by atomic mass is 9.70. The number of carboxylic acids is 1. The van der Waals surface area contributed by atoms with Gasteiger partial charge in [0, 0.05) is 19.6 Å². The molecule has 0 spiro atoms. The van der Waals surface area contributed by atoms with Gasteiger partial charge in [0.05, 0.1) is 18.8 Å². The summed E-state index contributed by atoms with van der Waals surface area (Å²) in [6.45, 7) is -0.824. The van der Waals surface area contributed by atoms with Crippen LogP contribution in [0.15, 0.2) is 42.5 Å². The largest absolute Gasteiger partial charge is 0.669 e. The van der Waals surface area contributed by atoms with Crippen LogP contribution in [-0.4, -0.2) is 105 Å². The lowest BCUT2D eigenvalue weighted by Gasteiger charge is -2.42. The van der Waals surface area contributed by atoms with Crippen LogP contribution in [0.25, 0.3) is 0 Å². The molecule has 3 aliphatic heterocycles. The van der Waals surface area contributed by atoms with E-state index < -0.39 is 48.6 Å².